The second-order valence-electron chi connectivity index (χ2n) is 4.64. The van der Waals surface area contributed by atoms with Gasteiger partial charge in [0, 0.05) is 28.6 Å². The van der Waals surface area contributed by atoms with E-state index in [1.165, 1.54) is 11.1 Å². The van der Waals surface area contributed by atoms with E-state index >= 15 is 0 Å². The molecule has 0 spiro atoms. The molecule has 1 heterocycles. The second kappa shape index (κ2) is 4.68. The van der Waals surface area contributed by atoms with Crippen LogP contribution in [0.1, 0.15) is 31.0 Å². The molecule has 0 saturated carbocycles. The maximum atomic E-state index is 12.0. The van der Waals surface area contributed by atoms with E-state index in [1.54, 1.807) is 0 Å². The number of rotatable bonds is 1. The summed E-state index contributed by atoms with van der Waals surface area (Å²) in [4.78, 5) is 0. The van der Waals surface area contributed by atoms with Gasteiger partial charge in [0.2, 0.25) is 0 Å². The Morgan fingerprint density at radius 3 is 2.50 bits per heavy atom. The number of nitrogens with one attached hydrogen (secondary N) is 1. The van der Waals surface area contributed by atoms with Crippen LogP contribution in [0.4, 0.5) is 0 Å². The molecule has 1 aromatic carbocycles. The fourth-order valence-corrected chi connectivity index (χ4v) is 3.72. The minimum Gasteiger partial charge on any atom is -0.308 e. The van der Waals surface area contributed by atoms with Crippen molar-refractivity contribution < 1.29 is 4.21 Å². The molecule has 1 fully saturated rings. The first kappa shape index (κ1) is 11.8. The summed E-state index contributed by atoms with van der Waals surface area (Å²) in [6.07, 6.45) is 0. The van der Waals surface area contributed by atoms with Gasteiger partial charge in [-0.15, -0.1) is 0 Å². The predicted molar refractivity (Wildman–Crippen MR) is 69.0 cm³/mol. The molecule has 0 bridgehead atoms. The molecule has 4 unspecified atom stereocenters. The summed E-state index contributed by atoms with van der Waals surface area (Å²) < 4.78 is 12.0. The molecule has 3 heteroatoms. The largest absolute Gasteiger partial charge is 0.308 e. The van der Waals surface area contributed by atoms with Gasteiger partial charge in [-0.1, -0.05) is 29.8 Å². The van der Waals surface area contributed by atoms with Gasteiger partial charge in [0.1, 0.15) is 0 Å². The highest BCUT2D eigenvalue weighted by Crippen LogP contribution is 2.26. The van der Waals surface area contributed by atoms with Crippen LogP contribution in [-0.4, -0.2) is 21.3 Å². The molecule has 88 valence electrons. The van der Waals surface area contributed by atoms with Crippen LogP contribution >= 0.6 is 0 Å². The van der Waals surface area contributed by atoms with Gasteiger partial charge in [-0.05, 0) is 26.3 Å². The average molecular weight is 237 g/mol. The van der Waals surface area contributed by atoms with Crippen LogP contribution in [0.2, 0.25) is 0 Å². The van der Waals surface area contributed by atoms with Gasteiger partial charge in [0.25, 0.3) is 0 Å². The lowest BCUT2D eigenvalue weighted by atomic mass is 10.0. The Morgan fingerprint density at radius 2 is 1.88 bits per heavy atom. The number of hydrogen-bond acceptors (Lipinski definition) is 2. The smallest absolute Gasteiger partial charge is 0.0517 e. The fraction of sp³-hybridized carbons (Fsp3) is 0.538. The van der Waals surface area contributed by atoms with Crippen molar-refractivity contribution in [2.75, 3.05) is 6.54 Å². The van der Waals surface area contributed by atoms with Crippen LogP contribution in [0.25, 0.3) is 0 Å². The summed E-state index contributed by atoms with van der Waals surface area (Å²) in [5, 5.41) is 3.94. The Kier molecular flexibility index (Phi) is 3.45. The van der Waals surface area contributed by atoms with E-state index in [2.05, 4.69) is 43.4 Å². The molecule has 0 aromatic heterocycles. The molecule has 1 aliphatic rings. The molecular weight excluding hydrogens is 218 g/mol. The minimum atomic E-state index is -0.728. The van der Waals surface area contributed by atoms with Crippen LogP contribution in [-0.2, 0) is 10.8 Å². The van der Waals surface area contributed by atoms with Gasteiger partial charge in [-0.3, -0.25) is 4.21 Å². The quantitative estimate of drug-likeness (QED) is 0.811. The molecule has 0 aliphatic carbocycles. The lowest BCUT2D eigenvalue weighted by Crippen LogP contribution is -2.46. The molecule has 16 heavy (non-hydrogen) atoms. The fourth-order valence-electron chi connectivity index (χ4n) is 2.20. The van der Waals surface area contributed by atoms with Crippen molar-refractivity contribution >= 4 is 10.8 Å². The summed E-state index contributed by atoms with van der Waals surface area (Å²) in [7, 11) is -0.728. The summed E-state index contributed by atoms with van der Waals surface area (Å²) in [5.41, 5.74) is 2.51. The topological polar surface area (TPSA) is 29.1 Å². The normalized spacial score (nSPS) is 34.9. The number of aryl methyl sites for hydroxylation is 1. The van der Waals surface area contributed by atoms with Gasteiger partial charge in [-0.2, -0.15) is 0 Å². The average Bonchev–Trinajstić information content (AvgIpc) is 2.28. The second-order valence-corrected chi connectivity index (χ2v) is 6.85. The SMILES string of the molecule is Cc1ccc(C2NCC(C)S(=O)C2C)cc1. The predicted octanol–water partition coefficient (Wildman–Crippen LogP) is 2.17. The Bertz CT molecular complexity index is 387. The van der Waals surface area contributed by atoms with Crippen molar-refractivity contribution in [2.24, 2.45) is 0 Å². The van der Waals surface area contributed by atoms with Crippen molar-refractivity contribution in [3.05, 3.63) is 35.4 Å². The van der Waals surface area contributed by atoms with Crippen molar-refractivity contribution in [1.82, 2.24) is 5.32 Å². The van der Waals surface area contributed by atoms with Gasteiger partial charge >= 0.3 is 0 Å². The number of benzene rings is 1. The Balaban J connectivity index is 2.21. The van der Waals surface area contributed by atoms with Crippen molar-refractivity contribution in [2.45, 2.75) is 37.3 Å². The molecule has 1 aliphatic heterocycles. The van der Waals surface area contributed by atoms with Crippen molar-refractivity contribution in [3.63, 3.8) is 0 Å². The maximum Gasteiger partial charge on any atom is 0.0517 e. The zero-order chi connectivity index (χ0) is 11.7. The Labute approximate surface area is 99.9 Å². The van der Waals surface area contributed by atoms with Crippen LogP contribution in [0.3, 0.4) is 0 Å². The van der Waals surface area contributed by atoms with E-state index in [-0.39, 0.29) is 16.5 Å². The lowest BCUT2D eigenvalue weighted by molar-refractivity contribution is 0.489. The van der Waals surface area contributed by atoms with E-state index in [0.29, 0.717) is 0 Å². The molecule has 0 radical (unpaired) electrons. The van der Waals surface area contributed by atoms with E-state index < -0.39 is 10.8 Å². The van der Waals surface area contributed by atoms with E-state index in [1.807, 2.05) is 6.92 Å². The Hall–Kier alpha value is -0.670. The van der Waals surface area contributed by atoms with Crippen molar-refractivity contribution in [3.8, 4) is 0 Å². The summed E-state index contributed by atoms with van der Waals surface area (Å²) in [6, 6.07) is 8.74. The van der Waals surface area contributed by atoms with Gasteiger partial charge in [0.05, 0.1) is 5.25 Å². The third-order valence-electron chi connectivity index (χ3n) is 3.29. The van der Waals surface area contributed by atoms with E-state index in [0.717, 1.165) is 6.54 Å². The van der Waals surface area contributed by atoms with Crippen LogP contribution in [0.5, 0.6) is 0 Å². The highest BCUT2D eigenvalue weighted by molar-refractivity contribution is 7.86. The summed E-state index contributed by atoms with van der Waals surface area (Å²) in [5.74, 6) is 0. The van der Waals surface area contributed by atoms with Gasteiger partial charge in [0.15, 0.2) is 0 Å². The highest BCUT2D eigenvalue weighted by atomic mass is 32.2. The molecule has 1 aromatic rings. The summed E-state index contributed by atoms with van der Waals surface area (Å²) >= 11 is 0. The zero-order valence-corrected chi connectivity index (χ0v) is 10.9. The molecule has 1 N–H and O–H groups in total. The van der Waals surface area contributed by atoms with E-state index in [9.17, 15) is 4.21 Å². The molecule has 2 nitrogen and oxygen atoms in total. The first-order valence-electron chi connectivity index (χ1n) is 5.79. The van der Waals surface area contributed by atoms with Gasteiger partial charge in [-0.25, -0.2) is 0 Å². The molecule has 0 amide bonds. The Morgan fingerprint density at radius 1 is 1.25 bits per heavy atom. The molecule has 4 atom stereocenters. The van der Waals surface area contributed by atoms with Crippen LogP contribution in [0.15, 0.2) is 24.3 Å². The monoisotopic (exact) mass is 237 g/mol. The minimum absolute atomic E-state index is 0.187. The van der Waals surface area contributed by atoms with E-state index in [4.69, 9.17) is 0 Å². The zero-order valence-electron chi connectivity index (χ0n) is 10.1. The van der Waals surface area contributed by atoms with Crippen LogP contribution in [0, 0.1) is 6.92 Å². The third-order valence-corrected chi connectivity index (χ3v) is 5.26. The first-order valence-corrected chi connectivity index (χ1v) is 7.06. The van der Waals surface area contributed by atoms with Crippen LogP contribution < -0.4 is 5.32 Å². The standard InChI is InChI=1S/C13H19NOS/c1-9-4-6-12(7-5-9)13-11(3)16(15)10(2)8-14-13/h4-7,10-11,13-14H,8H2,1-3H3. The number of hydrogen-bond donors (Lipinski definition) is 1. The third kappa shape index (κ3) is 2.20. The molecule has 1 saturated heterocycles. The molecular formula is C13H19NOS. The van der Waals surface area contributed by atoms with Gasteiger partial charge < -0.3 is 5.32 Å². The maximum absolute atomic E-state index is 12.0. The molecule has 2 rings (SSSR count). The highest BCUT2D eigenvalue weighted by Gasteiger charge is 2.32. The summed E-state index contributed by atoms with van der Waals surface area (Å²) in [6.45, 7) is 7.05. The first-order chi connectivity index (χ1) is 7.59. The van der Waals surface area contributed by atoms with Crippen molar-refractivity contribution in [1.29, 1.82) is 0 Å². The lowest BCUT2D eigenvalue weighted by Gasteiger charge is -2.33.